The summed E-state index contributed by atoms with van der Waals surface area (Å²) in [7, 11) is 0. The molecule has 0 N–H and O–H groups in total. The largest absolute Gasteiger partial charge is 2.00 e. The number of nitrogens with zero attached hydrogens (tertiary/aromatic N) is 5. The van der Waals surface area contributed by atoms with Gasteiger partial charge in [-0.25, -0.2) is 13.9 Å². The summed E-state index contributed by atoms with van der Waals surface area (Å²) < 4.78 is 41.6. The number of halogens is 3. The predicted octanol–water partition coefficient (Wildman–Crippen LogP) is 4.07. The van der Waals surface area contributed by atoms with Gasteiger partial charge in [0.25, 0.3) is 0 Å². The monoisotopic (exact) mass is 456 g/mol. The summed E-state index contributed by atoms with van der Waals surface area (Å²) in [5, 5.41) is 3.68. The Balaban J connectivity index is 0.00000256. The normalized spacial score (nSPS) is 11.2. The van der Waals surface area contributed by atoms with Crippen molar-refractivity contribution >= 4 is 0 Å². The first-order chi connectivity index (χ1) is 13.8. The van der Waals surface area contributed by atoms with Crippen molar-refractivity contribution in [1.29, 1.82) is 0 Å². The second kappa shape index (κ2) is 8.37. The maximum atomic E-state index is 14.1. The SMILES string of the molecule is CC(C)(c1cccc(-c2[c-]cc(F)nc2F)n1)c1cccc(-n2[c-]cc(F)n2)n1.[Cu+2]. The fourth-order valence-corrected chi connectivity index (χ4v) is 2.88. The van der Waals surface area contributed by atoms with Gasteiger partial charge in [-0.3, -0.25) is 14.4 Å². The molecule has 0 aromatic carbocycles. The van der Waals surface area contributed by atoms with Crippen molar-refractivity contribution in [2.75, 3.05) is 0 Å². The second-order valence-electron chi connectivity index (χ2n) is 6.81. The molecule has 0 saturated carbocycles. The molecule has 0 atom stereocenters. The van der Waals surface area contributed by atoms with Gasteiger partial charge in [-0.1, -0.05) is 42.1 Å². The van der Waals surface area contributed by atoms with Gasteiger partial charge in [0.05, 0.1) is 5.82 Å². The van der Waals surface area contributed by atoms with Gasteiger partial charge < -0.3 is 9.67 Å². The first-order valence-electron chi connectivity index (χ1n) is 8.67. The molecule has 0 bridgehead atoms. The van der Waals surface area contributed by atoms with Crippen molar-refractivity contribution < 1.29 is 30.2 Å². The van der Waals surface area contributed by atoms with Crippen molar-refractivity contribution in [3.8, 4) is 17.1 Å². The van der Waals surface area contributed by atoms with Gasteiger partial charge in [0, 0.05) is 16.8 Å². The van der Waals surface area contributed by atoms with Crippen LogP contribution in [0, 0.1) is 30.1 Å². The first kappa shape index (κ1) is 21.7. The number of hydrogen-bond donors (Lipinski definition) is 0. The molecule has 0 saturated heterocycles. The number of hydrogen-bond acceptors (Lipinski definition) is 4. The van der Waals surface area contributed by atoms with E-state index in [4.69, 9.17) is 0 Å². The summed E-state index contributed by atoms with van der Waals surface area (Å²) in [6.45, 7) is 3.81. The van der Waals surface area contributed by atoms with Crippen LogP contribution in [-0.2, 0) is 22.5 Å². The zero-order chi connectivity index (χ0) is 20.6. The van der Waals surface area contributed by atoms with Gasteiger partial charge in [0.2, 0.25) is 0 Å². The van der Waals surface area contributed by atoms with Gasteiger partial charge in [-0.05, 0) is 31.7 Å². The molecule has 1 radical (unpaired) electrons. The van der Waals surface area contributed by atoms with Crippen LogP contribution in [0.3, 0.4) is 0 Å². The quantitative estimate of drug-likeness (QED) is 0.264. The Morgan fingerprint density at radius 3 is 2.23 bits per heavy atom. The molecule has 155 valence electrons. The van der Waals surface area contributed by atoms with Crippen molar-refractivity contribution in [1.82, 2.24) is 24.7 Å². The van der Waals surface area contributed by atoms with E-state index in [9.17, 15) is 13.2 Å². The fourth-order valence-electron chi connectivity index (χ4n) is 2.88. The summed E-state index contributed by atoms with van der Waals surface area (Å²) in [5.74, 6) is -2.19. The second-order valence-corrected chi connectivity index (χ2v) is 6.81. The van der Waals surface area contributed by atoms with E-state index in [1.54, 1.807) is 30.3 Å². The third-order valence-electron chi connectivity index (χ3n) is 4.49. The number of rotatable bonds is 4. The molecule has 4 aromatic heterocycles. The van der Waals surface area contributed by atoms with Crippen molar-refractivity contribution in [3.05, 3.63) is 90.0 Å². The van der Waals surface area contributed by atoms with Crippen LogP contribution in [0.15, 0.2) is 48.5 Å². The fraction of sp³-hybridized carbons (Fsp3) is 0.143. The standard InChI is InChI=1S/C21H14F3N5.Cu/c1-21(2,16-7-4-8-19(26-16)29-12-11-18(23)28-29)15-6-3-5-14(25-15)13-9-10-17(22)27-20(13)24;/h3-8,10-11H,1-2H3;/q-2;+2. The molecule has 0 aliphatic carbocycles. The molecule has 0 spiro atoms. The third kappa shape index (κ3) is 4.13. The molecule has 5 nitrogen and oxygen atoms in total. The van der Waals surface area contributed by atoms with Crippen LogP contribution >= 0.6 is 0 Å². The van der Waals surface area contributed by atoms with Crippen molar-refractivity contribution in [2.45, 2.75) is 19.3 Å². The molecular weight excluding hydrogens is 443 g/mol. The third-order valence-corrected chi connectivity index (χ3v) is 4.49. The molecule has 4 aromatic rings. The minimum absolute atomic E-state index is 0. The van der Waals surface area contributed by atoms with Crippen LogP contribution in [0.25, 0.3) is 17.1 Å². The van der Waals surface area contributed by atoms with Gasteiger partial charge >= 0.3 is 17.1 Å². The van der Waals surface area contributed by atoms with Crippen LogP contribution in [-0.4, -0.2) is 24.7 Å². The summed E-state index contributed by atoms with van der Waals surface area (Å²) in [6, 6.07) is 15.0. The predicted molar refractivity (Wildman–Crippen MR) is 98.5 cm³/mol. The summed E-state index contributed by atoms with van der Waals surface area (Å²) in [6.07, 6.45) is 2.65. The Hall–Kier alpha value is -3.03. The Morgan fingerprint density at radius 1 is 0.867 bits per heavy atom. The number of pyridine rings is 3. The summed E-state index contributed by atoms with van der Waals surface area (Å²) in [5.41, 5.74) is 0.825. The average Bonchev–Trinajstić information content (AvgIpc) is 3.14. The van der Waals surface area contributed by atoms with Crippen LogP contribution in [0.4, 0.5) is 13.2 Å². The van der Waals surface area contributed by atoms with Crippen molar-refractivity contribution in [3.63, 3.8) is 0 Å². The minimum Gasteiger partial charge on any atom is -0.341 e. The van der Waals surface area contributed by atoms with E-state index < -0.39 is 23.3 Å². The van der Waals surface area contributed by atoms with Gasteiger partial charge in [0.1, 0.15) is 17.8 Å². The topological polar surface area (TPSA) is 56.5 Å². The molecule has 0 unspecified atom stereocenters. The van der Waals surface area contributed by atoms with Crippen molar-refractivity contribution in [2.24, 2.45) is 0 Å². The molecule has 4 heterocycles. The van der Waals surface area contributed by atoms with E-state index in [-0.39, 0.29) is 28.3 Å². The van der Waals surface area contributed by atoms with Gasteiger partial charge in [-0.15, -0.1) is 12.1 Å². The van der Waals surface area contributed by atoms with Gasteiger partial charge in [0.15, 0.2) is 0 Å². The average molecular weight is 457 g/mol. The van der Waals surface area contributed by atoms with E-state index in [0.29, 0.717) is 17.2 Å². The van der Waals surface area contributed by atoms with Gasteiger partial charge in [-0.2, -0.15) is 0 Å². The Labute approximate surface area is 181 Å². The van der Waals surface area contributed by atoms with E-state index in [2.05, 4.69) is 32.3 Å². The Kier molecular flexibility index (Phi) is 6.05. The number of aromatic nitrogens is 5. The molecule has 30 heavy (non-hydrogen) atoms. The van der Waals surface area contributed by atoms with E-state index in [1.807, 2.05) is 19.9 Å². The molecule has 0 aliphatic heterocycles. The summed E-state index contributed by atoms with van der Waals surface area (Å²) >= 11 is 0. The molecule has 9 heteroatoms. The van der Waals surface area contributed by atoms with E-state index in [1.165, 1.54) is 4.68 Å². The summed E-state index contributed by atoms with van der Waals surface area (Å²) in [4.78, 5) is 12.3. The molecule has 0 amide bonds. The van der Waals surface area contributed by atoms with E-state index in [0.717, 1.165) is 12.1 Å². The smallest absolute Gasteiger partial charge is 0.341 e. The Bertz CT molecular complexity index is 1190. The van der Waals surface area contributed by atoms with Crippen LogP contribution in [0.2, 0.25) is 0 Å². The Morgan fingerprint density at radius 2 is 1.57 bits per heavy atom. The van der Waals surface area contributed by atoms with E-state index >= 15 is 0 Å². The molecular formula is C21H14CuF3N5. The van der Waals surface area contributed by atoms with Crippen LogP contribution in [0.5, 0.6) is 0 Å². The first-order valence-corrected chi connectivity index (χ1v) is 8.67. The zero-order valence-corrected chi connectivity index (χ0v) is 16.7. The van der Waals surface area contributed by atoms with Crippen LogP contribution < -0.4 is 0 Å². The molecule has 0 fully saturated rings. The van der Waals surface area contributed by atoms with Crippen LogP contribution in [0.1, 0.15) is 25.2 Å². The maximum Gasteiger partial charge on any atom is 2.00 e. The molecule has 0 aliphatic rings. The molecule has 4 rings (SSSR count). The minimum atomic E-state index is -0.983. The zero-order valence-electron chi connectivity index (χ0n) is 15.8. The maximum absolute atomic E-state index is 14.1.